The fourth-order valence-corrected chi connectivity index (χ4v) is 2.61. The van der Waals surface area contributed by atoms with Gasteiger partial charge in [-0.3, -0.25) is 4.79 Å². The molecule has 0 aromatic carbocycles. The third kappa shape index (κ3) is 26.6. The molecule has 0 rings (SSSR count). The Labute approximate surface area is 249 Å². The fourth-order valence-electron chi connectivity index (χ4n) is 2.61. The van der Waals surface area contributed by atoms with Gasteiger partial charge in [0.05, 0.1) is 6.61 Å². The topological polar surface area (TPSA) is 72.8 Å². The Hall–Kier alpha value is -3.83. The smallest absolute Gasteiger partial charge is 0.385 e. The Morgan fingerprint density at radius 3 is 1.68 bits per heavy atom. The van der Waals surface area contributed by atoms with Crippen molar-refractivity contribution in [2.45, 2.75) is 84.2 Å². The van der Waals surface area contributed by atoms with Crippen LogP contribution in [0.1, 0.15) is 96.6 Å². The fraction of sp³-hybridized carbons (Fsp3) is 0.484. The minimum Gasteiger partial charge on any atom is -0.456 e. The molecule has 0 bridgehead atoms. The Morgan fingerprint density at radius 2 is 1.19 bits per heavy atom. The van der Waals surface area contributed by atoms with E-state index in [1.54, 1.807) is 6.92 Å². The van der Waals surface area contributed by atoms with E-state index in [-0.39, 0.29) is 45.1 Å². The summed E-state index contributed by atoms with van der Waals surface area (Å²) in [6.07, 6.45) is 9.68. The molecule has 0 radical (unpaired) electrons. The zero-order chi connectivity index (χ0) is 26.5. The second kappa shape index (κ2) is 28.4. The zero-order valence-corrected chi connectivity index (χ0v) is 22.6. The first-order chi connectivity index (χ1) is 17.6. The van der Waals surface area contributed by atoms with Gasteiger partial charge >= 0.3 is 11.9 Å². The molecule has 0 heterocycles. The van der Waals surface area contributed by atoms with Gasteiger partial charge in [-0.15, -0.1) is 0 Å². The zero-order valence-electron chi connectivity index (χ0n) is 21.6. The van der Waals surface area contributed by atoms with Gasteiger partial charge in [0, 0.05) is 30.9 Å². The molecule has 0 aliphatic rings. The molecular weight excluding hydrogens is 484 g/mol. The van der Waals surface area contributed by atoms with Crippen molar-refractivity contribution in [2.75, 3.05) is 13.2 Å². The molecule has 1 atom stereocenters. The number of hydrogen-bond donors (Lipinski definition) is 1. The lowest BCUT2D eigenvalue weighted by molar-refractivity contribution is -0.159. The van der Waals surface area contributed by atoms with Crippen LogP contribution in [0.15, 0.2) is 0 Å². The minimum absolute atomic E-state index is 0. The summed E-state index contributed by atoms with van der Waals surface area (Å²) in [5.74, 6) is 32.9. The van der Waals surface area contributed by atoms with Crippen molar-refractivity contribution < 1.29 is 42.7 Å². The molecule has 6 heteroatoms. The summed E-state index contributed by atoms with van der Waals surface area (Å²) in [5.41, 5.74) is 0. The minimum atomic E-state index is -0.925. The maximum absolute atomic E-state index is 11.9. The van der Waals surface area contributed by atoms with Crippen molar-refractivity contribution >= 4 is 25.4 Å². The van der Waals surface area contributed by atoms with Gasteiger partial charge in [-0.25, -0.2) is 4.79 Å². The van der Waals surface area contributed by atoms with Crippen LogP contribution in [0.4, 0.5) is 0 Å². The number of ether oxygens (including phenoxy) is 2. The highest BCUT2D eigenvalue weighted by atomic mass is 32.1. The van der Waals surface area contributed by atoms with Gasteiger partial charge < -0.3 is 14.6 Å². The predicted octanol–water partition coefficient (Wildman–Crippen LogP) is 6.71. The average molecular weight is 545 g/mol. The number of aliphatic hydroxyl groups excluding tert-OH is 1. The van der Waals surface area contributed by atoms with Crippen molar-refractivity contribution in [1.82, 2.24) is 0 Å². The molecule has 0 unspecified atom stereocenters. The summed E-state index contributed by atoms with van der Waals surface area (Å²) < 4.78 is 10.0. The van der Waals surface area contributed by atoms with Gasteiger partial charge in [0.1, 0.15) is 6.61 Å². The second-order valence-electron chi connectivity index (χ2n) is 7.35. The van der Waals surface area contributed by atoms with E-state index in [1.165, 1.54) is 38.5 Å². The summed E-state index contributed by atoms with van der Waals surface area (Å²) in [7, 11) is 0. The van der Waals surface area contributed by atoms with Crippen LogP contribution in [0.5, 0.6) is 0 Å². The Kier molecular flexibility index (Phi) is 27.1. The van der Waals surface area contributed by atoms with Crippen LogP contribution >= 0.6 is 13.5 Å². The van der Waals surface area contributed by atoms with E-state index in [4.69, 9.17) is 9.47 Å². The predicted molar refractivity (Wildman–Crippen MR) is 178 cm³/mol. The lowest BCUT2D eigenvalue weighted by Crippen LogP contribution is -2.28. The summed E-state index contributed by atoms with van der Waals surface area (Å²) >= 11 is 0. The molecule has 0 fully saturated rings. The summed E-state index contributed by atoms with van der Waals surface area (Å²) in [5, 5.41) is 9.34. The highest BCUT2D eigenvalue weighted by Gasteiger charge is 2.15. The van der Waals surface area contributed by atoms with Gasteiger partial charge in [0.2, 0.25) is 0 Å². The van der Waals surface area contributed by atoms with Crippen molar-refractivity contribution in [2.24, 2.45) is 0 Å². The number of carbonyl (C=O) groups excluding carboxylic acids is 2. The first-order valence-electron chi connectivity index (χ1n) is 12.0. The first kappa shape index (κ1) is 35.3. The standard InChI is InChI=1S/C31H32O5.H2S.13H2/c1-3-5-7-9-11-13-14-15-16-18-19-21-23-25-30(33)35-28-29(27-32)36-31(34)26-24-22-20-17-12-10-8-6-4-2;;;;;;;;;;;;;;/h29,32H,4,6,8,10,12,17,20,22,24,26-28H2,1-2H3;1H2;13*1H/t29-;;;;;;;;;;;;;;/m0............../s1. The van der Waals surface area contributed by atoms with E-state index in [1.807, 2.05) is 0 Å². The quantitative estimate of drug-likeness (QED) is 0.114. The normalized spacial score (nSPS) is 8.62. The van der Waals surface area contributed by atoms with Crippen LogP contribution in [-0.4, -0.2) is 36.4 Å². The monoisotopic (exact) mass is 544 g/mol. The molecular formula is C31H60O5S. The van der Waals surface area contributed by atoms with E-state index < -0.39 is 24.6 Å². The molecule has 37 heavy (non-hydrogen) atoms. The molecule has 220 valence electrons. The highest BCUT2D eigenvalue weighted by Crippen LogP contribution is 2.11. The molecule has 5 nitrogen and oxygen atoms in total. The van der Waals surface area contributed by atoms with Crippen LogP contribution < -0.4 is 0 Å². The largest absolute Gasteiger partial charge is 0.456 e. The number of hydrogen-bond acceptors (Lipinski definition) is 5. The Morgan fingerprint density at radius 1 is 0.730 bits per heavy atom. The van der Waals surface area contributed by atoms with Crippen LogP contribution in [0.3, 0.4) is 0 Å². The van der Waals surface area contributed by atoms with E-state index in [0.29, 0.717) is 0 Å². The van der Waals surface area contributed by atoms with Crippen molar-refractivity contribution in [1.29, 1.82) is 0 Å². The van der Waals surface area contributed by atoms with Gasteiger partial charge in [-0.2, -0.15) is 13.5 Å². The van der Waals surface area contributed by atoms with Gasteiger partial charge in [-0.1, -0.05) is 64.2 Å². The van der Waals surface area contributed by atoms with E-state index in [2.05, 4.69) is 89.8 Å². The summed E-state index contributed by atoms with van der Waals surface area (Å²) in [6, 6.07) is 0. The third-order valence-corrected chi connectivity index (χ3v) is 4.36. The molecule has 1 N–H and O–H groups in total. The maximum atomic E-state index is 11.9. The second-order valence-corrected chi connectivity index (χ2v) is 7.35. The first-order valence-corrected chi connectivity index (χ1v) is 12.0. The van der Waals surface area contributed by atoms with Crippen molar-refractivity contribution in [3.05, 3.63) is 0 Å². The van der Waals surface area contributed by atoms with Crippen LogP contribution in [0.25, 0.3) is 0 Å². The van der Waals surface area contributed by atoms with Gasteiger partial charge in [0.25, 0.3) is 0 Å². The van der Waals surface area contributed by atoms with Crippen LogP contribution in [0.2, 0.25) is 0 Å². The van der Waals surface area contributed by atoms with Crippen LogP contribution in [0, 0.1) is 82.9 Å². The summed E-state index contributed by atoms with van der Waals surface area (Å²) in [4.78, 5) is 23.5. The Bertz CT molecular complexity index is 1160. The van der Waals surface area contributed by atoms with E-state index in [9.17, 15) is 14.7 Å². The summed E-state index contributed by atoms with van der Waals surface area (Å²) in [6.45, 7) is 3.14. The lowest BCUT2D eigenvalue weighted by Gasteiger charge is -2.14. The maximum Gasteiger partial charge on any atom is 0.385 e. The lowest BCUT2D eigenvalue weighted by atomic mass is 10.1. The molecule has 0 amide bonds. The number of unbranched alkanes of at least 4 members (excludes halogenated alkanes) is 8. The van der Waals surface area contributed by atoms with Gasteiger partial charge in [0.15, 0.2) is 6.10 Å². The molecule has 0 saturated heterocycles. The van der Waals surface area contributed by atoms with Crippen molar-refractivity contribution in [3.8, 4) is 82.9 Å². The SMILES string of the molecule is CC#CC#CC#CC#CC#CC#CC#CC(=O)OC[C@H](CO)OC(=O)CCCCCCCCCCC.S.[HH].[HH].[HH].[HH].[HH].[HH].[HH].[HH].[HH].[HH].[HH].[HH].[HH]. The molecule has 0 saturated carbocycles. The highest BCUT2D eigenvalue weighted by molar-refractivity contribution is 7.59. The Balaban J connectivity index is -0.0000000673. The molecule has 0 aromatic rings. The molecule has 0 aliphatic heterocycles. The number of aliphatic hydroxyl groups is 1. The van der Waals surface area contributed by atoms with E-state index >= 15 is 0 Å². The average Bonchev–Trinajstić information content (AvgIpc) is 2.88. The molecule has 0 aliphatic carbocycles. The van der Waals surface area contributed by atoms with E-state index in [0.717, 1.165) is 19.3 Å². The third-order valence-electron chi connectivity index (χ3n) is 4.36. The van der Waals surface area contributed by atoms with Crippen LogP contribution in [-0.2, 0) is 19.1 Å². The number of esters is 2. The van der Waals surface area contributed by atoms with Gasteiger partial charge in [-0.05, 0) is 84.4 Å². The number of carbonyl (C=O) groups is 2. The van der Waals surface area contributed by atoms with Crippen molar-refractivity contribution in [3.63, 3.8) is 0 Å². The molecule has 0 aromatic heterocycles. The number of rotatable bonds is 14. The molecule has 0 spiro atoms.